The molecule has 1 aromatic carbocycles. The average molecular weight is 342 g/mol. The number of carbonyl (C=O) groups excluding carboxylic acids is 1. The van der Waals surface area contributed by atoms with E-state index in [9.17, 15) is 4.79 Å². The van der Waals surface area contributed by atoms with E-state index in [-0.39, 0.29) is 5.78 Å². The van der Waals surface area contributed by atoms with Crippen molar-refractivity contribution in [1.29, 1.82) is 0 Å². The molecular weight excluding hydrogens is 320 g/mol. The fourth-order valence-electron chi connectivity index (χ4n) is 3.56. The van der Waals surface area contributed by atoms with Crippen LogP contribution in [-0.4, -0.2) is 39.2 Å². The molecule has 4 rings (SSSR count). The minimum absolute atomic E-state index is 0.205. The molecule has 132 valence electrons. The van der Waals surface area contributed by atoms with E-state index in [1.807, 2.05) is 22.9 Å². The number of nitrogens with zero attached hydrogens (tertiary/aromatic N) is 4. The molecule has 1 aliphatic heterocycles. The van der Waals surface area contributed by atoms with E-state index in [2.05, 4.69) is 15.5 Å². The highest BCUT2D eigenvalue weighted by molar-refractivity contribution is 5.99. The van der Waals surface area contributed by atoms with Gasteiger partial charge in [0.05, 0.1) is 0 Å². The summed E-state index contributed by atoms with van der Waals surface area (Å²) in [6.45, 7) is 2.72. The molecule has 7 nitrogen and oxygen atoms in total. The van der Waals surface area contributed by atoms with Crippen LogP contribution in [0, 0.1) is 5.92 Å². The van der Waals surface area contributed by atoms with Gasteiger partial charge < -0.3 is 9.47 Å². The lowest BCUT2D eigenvalue weighted by molar-refractivity contribution is 0.0593. The van der Waals surface area contributed by atoms with E-state index in [0.717, 1.165) is 62.3 Å². The summed E-state index contributed by atoms with van der Waals surface area (Å²) in [6, 6.07) is 5.69. The first-order valence-electron chi connectivity index (χ1n) is 8.92. The molecule has 0 spiro atoms. The van der Waals surface area contributed by atoms with Crippen LogP contribution in [0.1, 0.15) is 47.4 Å². The molecule has 0 saturated carbocycles. The molecule has 0 amide bonds. The number of rotatable bonds is 5. The molecule has 1 saturated heterocycles. The Bertz CT molecular complexity index is 753. The molecule has 0 N–H and O–H groups in total. The molecule has 2 heterocycles. The molecule has 0 unspecified atom stereocenters. The summed E-state index contributed by atoms with van der Waals surface area (Å²) < 4.78 is 13.2. The summed E-state index contributed by atoms with van der Waals surface area (Å²) >= 11 is 0. The van der Waals surface area contributed by atoms with Crippen LogP contribution in [0.15, 0.2) is 18.2 Å². The maximum absolute atomic E-state index is 12.0. The maximum Gasteiger partial charge on any atom is 0.189 e. The van der Waals surface area contributed by atoms with Crippen LogP contribution in [-0.2, 0) is 24.3 Å². The Balaban J connectivity index is 1.45. The van der Waals surface area contributed by atoms with Crippen molar-refractivity contribution in [3.8, 4) is 5.75 Å². The van der Waals surface area contributed by atoms with Gasteiger partial charge in [0.2, 0.25) is 0 Å². The van der Waals surface area contributed by atoms with E-state index in [0.29, 0.717) is 24.8 Å². The lowest BCUT2D eigenvalue weighted by Gasteiger charge is -2.22. The highest BCUT2D eigenvalue weighted by Crippen LogP contribution is 2.30. The predicted octanol–water partition coefficient (Wildman–Crippen LogP) is 2.20. The van der Waals surface area contributed by atoms with Gasteiger partial charge in [-0.1, -0.05) is 12.1 Å². The lowest BCUT2D eigenvalue weighted by atomic mass is 9.90. The molecule has 2 aliphatic rings. The number of ether oxygens (including phenoxy) is 2. The van der Waals surface area contributed by atoms with Crippen LogP contribution in [0.25, 0.3) is 0 Å². The summed E-state index contributed by atoms with van der Waals surface area (Å²) in [5.74, 6) is 2.23. The molecule has 1 aliphatic carbocycles. The van der Waals surface area contributed by atoms with E-state index >= 15 is 0 Å². The molecule has 0 bridgehead atoms. The third-order valence-corrected chi connectivity index (χ3v) is 5.00. The summed E-state index contributed by atoms with van der Waals surface area (Å²) in [6.07, 6.45) is 4.46. The SMILES string of the molecule is O=C1CCCc2c(OCc3nnnn3CC3CCOCC3)cccc21. The third kappa shape index (κ3) is 3.56. The van der Waals surface area contributed by atoms with Crippen molar-refractivity contribution in [3.05, 3.63) is 35.2 Å². The molecular formula is C18H22N4O3. The zero-order chi connectivity index (χ0) is 17.1. The van der Waals surface area contributed by atoms with Gasteiger partial charge in [0.1, 0.15) is 12.4 Å². The van der Waals surface area contributed by atoms with Crippen molar-refractivity contribution >= 4 is 5.78 Å². The largest absolute Gasteiger partial charge is 0.485 e. The Labute approximate surface area is 146 Å². The number of Topliss-reactive ketones (excluding diaryl/α,β-unsaturated/α-hetero) is 1. The molecule has 1 aromatic heterocycles. The fourth-order valence-corrected chi connectivity index (χ4v) is 3.56. The highest BCUT2D eigenvalue weighted by atomic mass is 16.5. The van der Waals surface area contributed by atoms with E-state index in [1.165, 1.54) is 0 Å². The Hall–Kier alpha value is -2.28. The molecule has 0 atom stereocenters. The average Bonchev–Trinajstić information content (AvgIpc) is 3.08. The van der Waals surface area contributed by atoms with Gasteiger partial charge in [-0.05, 0) is 48.1 Å². The van der Waals surface area contributed by atoms with E-state index in [1.54, 1.807) is 0 Å². The van der Waals surface area contributed by atoms with Crippen molar-refractivity contribution < 1.29 is 14.3 Å². The minimum Gasteiger partial charge on any atom is -0.485 e. The van der Waals surface area contributed by atoms with Gasteiger partial charge in [0, 0.05) is 37.3 Å². The maximum atomic E-state index is 12.0. The van der Waals surface area contributed by atoms with Crippen molar-refractivity contribution in [2.45, 2.75) is 45.3 Å². The summed E-state index contributed by atoms with van der Waals surface area (Å²) in [4.78, 5) is 12.0. The zero-order valence-electron chi connectivity index (χ0n) is 14.2. The monoisotopic (exact) mass is 342 g/mol. The summed E-state index contributed by atoms with van der Waals surface area (Å²) in [5, 5.41) is 12.0. The Morgan fingerprint density at radius 2 is 2.12 bits per heavy atom. The van der Waals surface area contributed by atoms with Gasteiger partial charge in [-0.3, -0.25) is 4.79 Å². The summed E-state index contributed by atoms with van der Waals surface area (Å²) in [7, 11) is 0. The second-order valence-corrected chi connectivity index (χ2v) is 6.68. The van der Waals surface area contributed by atoms with Crippen molar-refractivity contribution in [2.75, 3.05) is 13.2 Å². The zero-order valence-corrected chi connectivity index (χ0v) is 14.2. The van der Waals surface area contributed by atoms with Gasteiger partial charge in [-0.25, -0.2) is 4.68 Å². The van der Waals surface area contributed by atoms with Crippen LogP contribution in [0.3, 0.4) is 0 Å². The number of benzene rings is 1. The normalized spacial score (nSPS) is 18.2. The van der Waals surface area contributed by atoms with Crippen molar-refractivity contribution in [1.82, 2.24) is 20.2 Å². The first-order chi connectivity index (χ1) is 12.3. The highest BCUT2D eigenvalue weighted by Gasteiger charge is 2.21. The van der Waals surface area contributed by atoms with Crippen molar-refractivity contribution in [2.24, 2.45) is 5.92 Å². The number of hydrogen-bond donors (Lipinski definition) is 0. The van der Waals surface area contributed by atoms with Gasteiger partial charge in [0.15, 0.2) is 11.6 Å². The van der Waals surface area contributed by atoms with Gasteiger partial charge in [-0.15, -0.1) is 5.10 Å². The smallest absolute Gasteiger partial charge is 0.189 e. The van der Waals surface area contributed by atoms with Gasteiger partial charge >= 0.3 is 0 Å². The Morgan fingerprint density at radius 3 is 3.00 bits per heavy atom. The Morgan fingerprint density at radius 1 is 1.24 bits per heavy atom. The molecule has 1 fully saturated rings. The quantitative estimate of drug-likeness (QED) is 0.829. The number of aromatic nitrogens is 4. The van der Waals surface area contributed by atoms with Crippen molar-refractivity contribution in [3.63, 3.8) is 0 Å². The number of hydrogen-bond acceptors (Lipinski definition) is 6. The molecule has 25 heavy (non-hydrogen) atoms. The minimum atomic E-state index is 0.205. The second kappa shape index (κ2) is 7.31. The number of carbonyl (C=O) groups is 1. The molecule has 2 aromatic rings. The Kier molecular flexibility index (Phi) is 4.74. The van der Waals surface area contributed by atoms with Crippen LogP contribution in [0.4, 0.5) is 0 Å². The number of ketones is 1. The van der Waals surface area contributed by atoms with Crippen LogP contribution >= 0.6 is 0 Å². The third-order valence-electron chi connectivity index (χ3n) is 5.00. The topological polar surface area (TPSA) is 79.1 Å². The molecule has 0 radical (unpaired) electrons. The van der Waals surface area contributed by atoms with E-state index in [4.69, 9.17) is 9.47 Å². The lowest BCUT2D eigenvalue weighted by Crippen LogP contribution is -2.22. The van der Waals surface area contributed by atoms with Crippen LogP contribution in [0.5, 0.6) is 5.75 Å². The second-order valence-electron chi connectivity index (χ2n) is 6.68. The number of tetrazole rings is 1. The predicted molar refractivity (Wildman–Crippen MR) is 89.4 cm³/mol. The fraction of sp³-hybridized carbons (Fsp3) is 0.556. The molecule has 7 heteroatoms. The summed E-state index contributed by atoms with van der Waals surface area (Å²) in [5.41, 5.74) is 1.81. The van der Waals surface area contributed by atoms with E-state index < -0.39 is 0 Å². The number of fused-ring (bicyclic) bond motifs is 1. The van der Waals surface area contributed by atoms with Gasteiger partial charge in [0.25, 0.3) is 0 Å². The van der Waals surface area contributed by atoms with Gasteiger partial charge in [-0.2, -0.15) is 0 Å². The first kappa shape index (κ1) is 16.2. The van der Waals surface area contributed by atoms with Crippen LogP contribution in [0.2, 0.25) is 0 Å². The first-order valence-corrected chi connectivity index (χ1v) is 8.92. The van der Waals surface area contributed by atoms with Crippen LogP contribution < -0.4 is 4.74 Å². The standard InChI is InChI=1S/C18H22N4O3/c23-16-5-1-4-15-14(16)3-2-6-17(15)25-12-18-19-20-21-22(18)11-13-7-9-24-10-8-13/h2-3,6,13H,1,4-5,7-12H2.